The summed E-state index contributed by atoms with van der Waals surface area (Å²) in [6, 6.07) is 4.32. The molecule has 0 atom stereocenters. The lowest BCUT2D eigenvalue weighted by atomic mass is 10.3. The topological polar surface area (TPSA) is 45.9 Å². The molecule has 3 nitrogen and oxygen atoms in total. The van der Waals surface area contributed by atoms with Crippen molar-refractivity contribution in [1.82, 2.24) is 4.98 Å². The van der Waals surface area contributed by atoms with Gasteiger partial charge in [0.15, 0.2) is 5.75 Å². The van der Waals surface area contributed by atoms with Crippen LogP contribution >= 0.6 is 22.6 Å². The minimum absolute atomic E-state index is 0.0578. The second-order valence-corrected chi connectivity index (χ2v) is 3.50. The van der Waals surface area contributed by atoms with Gasteiger partial charge in [-0.2, -0.15) is 5.26 Å². The number of nitriles is 1. The first-order chi connectivity index (χ1) is 6.92. The zero-order valence-corrected chi connectivity index (χ0v) is 9.33. The molecule has 1 heterocycles. The Morgan fingerprint density at radius 1 is 1.47 bits per heavy atom. The van der Waals surface area contributed by atoms with E-state index in [9.17, 15) is 13.2 Å². The van der Waals surface area contributed by atoms with Crippen LogP contribution < -0.4 is 4.74 Å². The first kappa shape index (κ1) is 12.0. The van der Waals surface area contributed by atoms with Crippen molar-refractivity contribution in [2.75, 3.05) is 0 Å². The highest BCUT2D eigenvalue weighted by molar-refractivity contribution is 14.1. The first-order valence-corrected chi connectivity index (χ1v) is 4.78. The van der Waals surface area contributed by atoms with Crippen LogP contribution in [-0.2, 0) is 6.42 Å². The summed E-state index contributed by atoms with van der Waals surface area (Å²) in [6.07, 6.45) is -4.67. The summed E-state index contributed by atoms with van der Waals surface area (Å²) in [5.74, 6) is -0.357. The molecule has 0 aliphatic heterocycles. The van der Waals surface area contributed by atoms with Gasteiger partial charge in [0.05, 0.1) is 18.2 Å². The fraction of sp³-hybridized carbons (Fsp3) is 0.250. The quantitative estimate of drug-likeness (QED) is 0.619. The summed E-state index contributed by atoms with van der Waals surface area (Å²) in [5.41, 5.74) is 0.413. The van der Waals surface area contributed by atoms with Crippen molar-refractivity contribution in [3.05, 3.63) is 21.5 Å². The number of hydrogen-bond donors (Lipinski definition) is 0. The normalized spacial score (nSPS) is 10.9. The molecule has 0 amide bonds. The molecule has 0 unspecified atom stereocenters. The summed E-state index contributed by atoms with van der Waals surface area (Å²) in [7, 11) is 0. The number of alkyl halides is 3. The summed E-state index contributed by atoms with van der Waals surface area (Å²) in [4.78, 5) is 3.79. The molecule has 0 bridgehead atoms. The molecule has 1 aromatic rings. The summed E-state index contributed by atoms with van der Waals surface area (Å²) in [6.45, 7) is 0. The van der Waals surface area contributed by atoms with Crippen LogP contribution in [0.15, 0.2) is 12.1 Å². The molecule has 15 heavy (non-hydrogen) atoms. The molecule has 1 rings (SSSR count). The van der Waals surface area contributed by atoms with Crippen LogP contribution in [0.3, 0.4) is 0 Å². The number of ether oxygens (including phenoxy) is 1. The third kappa shape index (κ3) is 3.91. The molecule has 0 saturated heterocycles. The Hall–Kier alpha value is -1.04. The number of halogens is 4. The van der Waals surface area contributed by atoms with Crippen LogP contribution in [0, 0.1) is 15.0 Å². The van der Waals surface area contributed by atoms with Gasteiger partial charge in [0.2, 0.25) is 0 Å². The van der Waals surface area contributed by atoms with Gasteiger partial charge in [0.1, 0.15) is 3.70 Å². The lowest BCUT2D eigenvalue weighted by Gasteiger charge is -2.10. The molecule has 0 radical (unpaired) electrons. The molecule has 0 aliphatic carbocycles. The highest BCUT2D eigenvalue weighted by Gasteiger charge is 2.32. The lowest BCUT2D eigenvalue weighted by molar-refractivity contribution is -0.275. The molecule has 0 spiro atoms. The van der Waals surface area contributed by atoms with E-state index < -0.39 is 6.36 Å². The molecule has 80 valence electrons. The van der Waals surface area contributed by atoms with Crippen molar-refractivity contribution in [2.45, 2.75) is 12.8 Å². The van der Waals surface area contributed by atoms with Crippen LogP contribution in [-0.4, -0.2) is 11.3 Å². The highest BCUT2D eigenvalue weighted by Crippen LogP contribution is 2.26. The van der Waals surface area contributed by atoms with Crippen molar-refractivity contribution in [1.29, 1.82) is 5.26 Å². The Bertz CT molecular complexity index is 400. The van der Waals surface area contributed by atoms with E-state index in [0.29, 0.717) is 5.69 Å². The van der Waals surface area contributed by atoms with Crippen molar-refractivity contribution in [3.8, 4) is 11.8 Å². The zero-order chi connectivity index (χ0) is 11.5. The van der Waals surface area contributed by atoms with Gasteiger partial charge in [-0.15, -0.1) is 13.2 Å². The Morgan fingerprint density at radius 3 is 2.60 bits per heavy atom. The number of nitrogens with zero attached hydrogens (tertiary/aromatic N) is 2. The molecule has 1 aromatic heterocycles. The maximum atomic E-state index is 11.9. The van der Waals surface area contributed by atoms with Gasteiger partial charge in [0, 0.05) is 0 Å². The van der Waals surface area contributed by atoms with Crippen molar-refractivity contribution < 1.29 is 17.9 Å². The second-order valence-electron chi connectivity index (χ2n) is 2.47. The van der Waals surface area contributed by atoms with Gasteiger partial charge in [-0.05, 0) is 34.7 Å². The van der Waals surface area contributed by atoms with E-state index >= 15 is 0 Å². The second kappa shape index (κ2) is 4.65. The maximum absolute atomic E-state index is 11.9. The predicted molar refractivity (Wildman–Crippen MR) is 53.0 cm³/mol. The summed E-state index contributed by atoms with van der Waals surface area (Å²) < 4.78 is 39.4. The van der Waals surface area contributed by atoms with E-state index in [2.05, 4.69) is 9.72 Å². The average Bonchev–Trinajstić information content (AvgIpc) is 2.08. The standard InChI is InChI=1S/C8H4F3IN2O/c9-8(10,11)15-6-2-1-5(3-4-13)14-7(6)12/h1-2H,3H2. The average molecular weight is 328 g/mol. The number of rotatable bonds is 2. The predicted octanol–water partition coefficient (Wildman–Crippen LogP) is 2.65. The van der Waals surface area contributed by atoms with Crippen LogP contribution in [0.2, 0.25) is 0 Å². The third-order valence-corrected chi connectivity index (χ3v) is 2.13. The minimum Gasteiger partial charge on any atom is -0.403 e. The minimum atomic E-state index is -4.72. The summed E-state index contributed by atoms with van der Waals surface area (Å²) in [5, 5.41) is 8.36. The molecule has 0 saturated carbocycles. The third-order valence-electron chi connectivity index (χ3n) is 1.36. The molecule has 0 fully saturated rings. The molecule has 7 heteroatoms. The van der Waals surface area contributed by atoms with E-state index in [4.69, 9.17) is 5.26 Å². The summed E-state index contributed by atoms with van der Waals surface area (Å²) >= 11 is 1.62. The Balaban J connectivity index is 2.89. The van der Waals surface area contributed by atoms with Crippen LogP contribution in [0.25, 0.3) is 0 Å². The highest BCUT2D eigenvalue weighted by atomic mass is 127. The van der Waals surface area contributed by atoms with E-state index in [0.717, 1.165) is 6.07 Å². The van der Waals surface area contributed by atoms with Crippen LogP contribution in [0.5, 0.6) is 5.75 Å². The van der Waals surface area contributed by atoms with E-state index in [-0.39, 0.29) is 15.9 Å². The van der Waals surface area contributed by atoms with Crippen molar-refractivity contribution in [2.24, 2.45) is 0 Å². The zero-order valence-electron chi connectivity index (χ0n) is 7.18. The van der Waals surface area contributed by atoms with Crippen molar-refractivity contribution in [3.63, 3.8) is 0 Å². The molecule has 0 aliphatic rings. The molecular formula is C8H4F3IN2O. The fourth-order valence-corrected chi connectivity index (χ4v) is 1.44. The Labute approximate surface area is 97.0 Å². The Morgan fingerprint density at radius 2 is 2.13 bits per heavy atom. The largest absolute Gasteiger partial charge is 0.573 e. The van der Waals surface area contributed by atoms with Gasteiger partial charge in [-0.25, -0.2) is 4.98 Å². The number of aromatic nitrogens is 1. The van der Waals surface area contributed by atoms with Gasteiger partial charge >= 0.3 is 6.36 Å². The number of hydrogen-bond acceptors (Lipinski definition) is 3. The van der Waals surface area contributed by atoms with Gasteiger partial charge in [0.25, 0.3) is 0 Å². The van der Waals surface area contributed by atoms with E-state index in [1.165, 1.54) is 6.07 Å². The first-order valence-electron chi connectivity index (χ1n) is 3.70. The number of pyridine rings is 1. The lowest BCUT2D eigenvalue weighted by Crippen LogP contribution is -2.18. The van der Waals surface area contributed by atoms with E-state index in [1.54, 1.807) is 22.6 Å². The van der Waals surface area contributed by atoms with E-state index in [1.807, 2.05) is 6.07 Å². The van der Waals surface area contributed by atoms with Crippen molar-refractivity contribution >= 4 is 22.6 Å². The van der Waals surface area contributed by atoms with Gasteiger partial charge < -0.3 is 4.74 Å². The smallest absolute Gasteiger partial charge is 0.403 e. The van der Waals surface area contributed by atoms with Crippen LogP contribution in [0.4, 0.5) is 13.2 Å². The maximum Gasteiger partial charge on any atom is 0.573 e. The molecule has 0 aromatic carbocycles. The fourth-order valence-electron chi connectivity index (χ4n) is 0.839. The molecule has 0 N–H and O–H groups in total. The van der Waals surface area contributed by atoms with Crippen LogP contribution in [0.1, 0.15) is 5.69 Å². The Kier molecular flexibility index (Phi) is 3.73. The molecular weight excluding hydrogens is 324 g/mol. The van der Waals surface area contributed by atoms with Gasteiger partial charge in [-0.3, -0.25) is 0 Å². The SMILES string of the molecule is N#CCc1ccc(OC(F)(F)F)c(I)n1. The van der Waals surface area contributed by atoms with Gasteiger partial charge in [-0.1, -0.05) is 0 Å². The monoisotopic (exact) mass is 328 g/mol.